The molecular formula is C27H32N4O5. The molecule has 36 heavy (non-hydrogen) atoms. The lowest BCUT2D eigenvalue weighted by Gasteiger charge is -2.21. The molecule has 0 saturated heterocycles. The molecule has 4 rings (SSSR count). The van der Waals surface area contributed by atoms with Gasteiger partial charge in [0.15, 0.2) is 0 Å². The molecule has 0 aliphatic heterocycles. The molecule has 1 heterocycles. The molecule has 0 bridgehead atoms. The molecular weight excluding hydrogens is 460 g/mol. The van der Waals surface area contributed by atoms with Crippen LogP contribution in [0.2, 0.25) is 0 Å². The lowest BCUT2D eigenvalue weighted by molar-refractivity contribution is -0.136. The van der Waals surface area contributed by atoms with Crippen molar-refractivity contribution < 1.29 is 23.5 Å². The zero-order chi connectivity index (χ0) is 25.5. The number of hydrogen-bond donors (Lipinski definition) is 3. The second kappa shape index (κ2) is 11.7. The van der Waals surface area contributed by atoms with E-state index in [1.807, 2.05) is 24.3 Å². The van der Waals surface area contributed by atoms with E-state index < -0.39 is 11.8 Å². The minimum atomic E-state index is -0.957. The Hall–Kier alpha value is -3.88. The van der Waals surface area contributed by atoms with Gasteiger partial charge in [-0.1, -0.05) is 50.3 Å². The van der Waals surface area contributed by atoms with Crippen LogP contribution < -0.4 is 20.8 Å². The normalized spacial score (nSPS) is 15.2. The van der Waals surface area contributed by atoms with Crippen LogP contribution in [0.25, 0.3) is 21.9 Å². The van der Waals surface area contributed by atoms with Crippen LogP contribution in [0.4, 0.5) is 5.69 Å². The largest absolute Gasteiger partial charge is 0.495 e. The number of para-hydroxylation sites is 1. The van der Waals surface area contributed by atoms with Crippen LogP contribution in [0.1, 0.15) is 58.3 Å². The number of hydrogen-bond acceptors (Lipinski definition) is 6. The molecule has 2 aromatic carbocycles. The summed E-state index contributed by atoms with van der Waals surface area (Å²) in [6, 6.07) is 11.1. The summed E-state index contributed by atoms with van der Waals surface area (Å²) in [7, 11) is 1.48. The number of carbonyl (C=O) groups excluding carboxylic acids is 3. The van der Waals surface area contributed by atoms with Gasteiger partial charge in [0, 0.05) is 28.6 Å². The van der Waals surface area contributed by atoms with Crippen LogP contribution in [0.15, 0.2) is 45.9 Å². The summed E-state index contributed by atoms with van der Waals surface area (Å²) in [4.78, 5) is 37.2. The molecule has 3 aromatic rings. The van der Waals surface area contributed by atoms with E-state index in [0.29, 0.717) is 28.3 Å². The summed E-state index contributed by atoms with van der Waals surface area (Å²) in [5, 5.41) is 11.3. The monoisotopic (exact) mass is 492 g/mol. The van der Waals surface area contributed by atoms with Gasteiger partial charge in [-0.3, -0.25) is 14.4 Å². The Morgan fingerprint density at radius 2 is 1.69 bits per heavy atom. The van der Waals surface area contributed by atoms with Crippen molar-refractivity contribution >= 4 is 51.1 Å². The lowest BCUT2D eigenvalue weighted by atomic mass is 9.96. The Morgan fingerprint density at radius 1 is 0.972 bits per heavy atom. The van der Waals surface area contributed by atoms with Crippen molar-refractivity contribution in [3.63, 3.8) is 0 Å². The first-order valence-corrected chi connectivity index (χ1v) is 12.4. The number of nitrogens with one attached hydrogen (secondary N) is 3. The highest BCUT2D eigenvalue weighted by atomic mass is 16.5. The molecule has 0 unspecified atom stereocenters. The fourth-order valence-corrected chi connectivity index (χ4v) is 4.55. The lowest BCUT2D eigenvalue weighted by Crippen LogP contribution is -2.37. The number of hydrazone groups is 1. The van der Waals surface area contributed by atoms with Gasteiger partial charge in [-0.25, -0.2) is 5.43 Å². The molecule has 3 amide bonds. The number of amides is 3. The van der Waals surface area contributed by atoms with E-state index in [-0.39, 0.29) is 18.4 Å². The van der Waals surface area contributed by atoms with Gasteiger partial charge in [-0.05, 0) is 31.9 Å². The summed E-state index contributed by atoms with van der Waals surface area (Å²) >= 11 is 0. The number of anilines is 1. The second-order valence-corrected chi connectivity index (χ2v) is 9.18. The summed E-state index contributed by atoms with van der Waals surface area (Å²) in [6.07, 6.45) is 7.95. The van der Waals surface area contributed by atoms with Gasteiger partial charge in [0.25, 0.3) is 0 Å². The summed E-state index contributed by atoms with van der Waals surface area (Å²) in [5.41, 5.74) is 4.18. The summed E-state index contributed by atoms with van der Waals surface area (Å²) in [5.74, 6) is -1.62. The number of nitrogens with zero attached hydrogens (tertiary/aromatic N) is 1. The number of benzene rings is 2. The van der Waals surface area contributed by atoms with Crippen molar-refractivity contribution in [1.82, 2.24) is 10.7 Å². The molecule has 1 saturated carbocycles. The smallest absolute Gasteiger partial charge is 0.329 e. The summed E-state index contributed by atoms with van der Waals surface area (Å²) < 4.78 is 11.3. The molecule has 0 atom stereocenters. The van der Waals surface area contributed by atoms with Gasteiger partial charge in [0.05, 0.1) is 19.2 Å². The van der Waals surface area contributed by atoms with Crippen LogP contribution in [-0.4, -0.2) is 36.6 Å². The van der Waals surface area contributed by atoms with E-state index >= 15 is 0 Å². The number of methoxy groups -OCH3 is 1. The van der Waals surface area contributed by atoms with E-state index in [9.17, 15) is 14.4 Å². The Kier molecular flexibility index (Phi) is 8.20. The van der Waals surface area contributed by atoms with Crippen LogP contribution >= 0.6 is 0 Å². The van der Waals surface area contributed by atoms with E-state index in [1.54, 1.807) is 19.1 Å². The Bertz CT molecular complexity index is 1290. The summed E-state index contributed by atoms with van der Waals surface area (Å²) in [6.45, 7) is 1.63. The molecule has 190 valence electrons. The molecule has 0 spiro atoms. The highest BCUT2D eigenvalue weighted by molar-refractivity contribution is 6.40. The molecule has 3 N–H and O–H groups in total. The zero-order valence-corrected chi connectivity index (χ0v) is 20.7. The van der Waals surface area contributed by atoms with Crippen molar-refractivity contribution in [3.8, 4) is 5.75 Å². The molecule has 9 heteroatoms. The van der Waals surface area contributed by atoms with Crippen molar-refractivity contribution in [2.75, 3.05) is 12.4 Å². The first-order valence-electron chi connectivity index (χ1n) is 12.4. The SMILES string of the molecule is COc1cc2c(cc1NC(=O)C(=O)N/N=C(\C)CC(=O)NC1CCCCCCC1)oc1ccccc12. The zero-order valence-electron chi connectivity index (χ0n) is 20.7. The van der Waals surface area contributed by atoms with Gasteiger partial charge in [-0.2, -0.15) is 5.10 Å². The predicted octanol–water partition coefficient (Wildman–Crippen LogP) is 4.64. The first-order chi connectivity index (χ1) is 17.4. The van der Waals surface area contributed by atoms with Crippen LogP contribution in [0.3, 0.4) is 0 Å². The van der Waals surface area contributed by atoms with E-state index in [1.165, 1.54) is 26.4 Å². The number of carbonyl (C=O) groups is 3. The fraction of sp³-hybridized carbons (Fsp3) is 0.407. The number of fused-ring (bicyclic) bond motifs is 3. The number of rotatable bonds is 6. The second-order valence-electron chi connectivity index (χ2n) is 9.18. The Labute approximate surface area is 209 Å². The van der Waals surface area contributed by atoms with E-state index in [2.05, 4.69) is 21.2 Å². The standard InChI is InChI=1S/C27H32N4O5/c1-17(14-25(32)28-18-10-6-4-3-5-7-11-18)30-31-27(34)26(33)29-21-16-23-20(15-24(21)35-2)19-12-8-9-13-22(19)36-23/h8-9,12-13,15-16,18H,3-7,10-11,14H2,1-2H3,(H,28,32)(H,29,33)(H,31,34)/b30-17+. The minimum absolute atomic E-state index is 0.0505. The number of ether oxygens (including phenoxy) is 1. The highest BCUT2D eigenvalue weighted by Gasteiger charge is 2.19. The molecule has 1 fully saturated rings. The Balaban J connectivity index is 1.34. The maximum atomic E-state index is 12.5. The molecule has 0 radical (unpaired) electrons. The topological polar surface area (TPSA) is 122 Å². The average molecular weight is 493 g/mol. The third kappa shape index (κ3) is 6.21. The van der Waals surface area contributed by atoms with Crippen LogP contribution in [0.5, 0.6) is 5.75 Å². The minimum Gasteiger partial charge on any atom is -0.495 e. The first kappa shape index (κ1) is 25.2. The molecule has 1 aliphatic carbocycles. The predicted molar refractivity (Wildman–Crippen MR) is 139 cm³/mol. The van der Waals surface area contributed by atoms with Crippen molar-refractivity contribution in [3.05, 3.63) is 36.4 Å². The van der Waals surface area contributed by atoms with Crippen molar-refractivity contribution in [2.24, 2.45) is 5.10 Å². The maximum absolute atomic E-state index is 12.5. The van der Waals surface area contributed by atoms with E-state index in [4.69, 9.17) is 9.15 Å². The third-order valence-electron chi connectivity index (χ3n) is 6.39. The highest BCUT2D eigenvalue weighted by Crippen LogP contribution is 2.36. The van der Waals surface area contributed by atoms with Crippen molar-refractivity contribution in [1.29, 1.82) is 0 Å². The third-order valence-corrected chi connectivity index (χ3v) is 6.39. The Morgan fingerprint density at radius 3 is 2.44 bits per heavy atom. The quantitative estimate of drug-likeness (QED) is 0.263. The van der Waals surface area contributed by atoms with Crippen molar-refractivity contribution in [2.45, 2.75) is 64.3 Å². The number of furan rings is 1. The van der Waals surface area contributed by atoms with Crippen LogP contribution in [-0.2, 0) is 14.4 Å². The van der Waals surface area contributed by atoms with Gasteiger partial charge in [0.1, 0.15) is 16.9 Å². The van der Waals surface area contributed by atoms with Gasteiger partial charge in [-0.15, -0.1) is 0 Å². The van der Waals surface area contributed by atoms with Gasteiger partial charge < -0.3 is 19.8 Å². The molecule has 1 aliphatic rings. The van der Waals surface area contributed by atoms with Gasteiger partial charge in [0.2, 0.25) is 5.91 Å². The van der Waals surface area contributed by atoms with E-state index in [0.717, 1.165) is 36.5 Å². The molecule has 9 nitrogen and oxygen atoms in total. The maximum Gasteiger partial charge on any atom is 0.329 e. The molecule has 1 aromatic heterocycles. The fourth-order valence-electron chi connectivity index (χ4n) is 4.55. The average Bonchev–Trinajstić information content (AvgIpc) is 3.20. The van der Waals surface area contributed by atoms with Gasteiger partial charge >= 0.3 is 11.8 Å². The van der Waals surface area contributed by atoms with Crippen LogP contribution in [0, 0.1) is 0 Å².